The minimum Gasteiger partial charge on any atom is -0.306 e. The third kappa shape index (κ3) is 5.20. The molecule has 1 aliphatic carbocycles. The fourth-order valence-corrected chi connectivity index (χ4v) is 2.85. The van der Waals surface area contributed by atoms with Crippen molar-refractivity contribution in [3.63, 3.8) is 0 Å². The summed E-state index contributed by atoms with van der Waals surface area (Å²) in [6.45, 7) is 6.62. The van der Waals surface area contributed by atoms with Crippen LogP contribution in [0.3, 0.4) is 0 Å². The monoisotopic (exact) mass is 239 g/mol. The SMILES string of the molecule is CCCCCN(C)CC1CC(CC)CCC1=O. The smallest absolute Gasteiger partial charge is 0.137 e. The van der Waals surface area contributed by atoms with Gasteiger partial charge in [-0.3, -0.25) is 4.79 Å². The van der Waals surface area contributed by atoms with Crippen molar-refractivity contribution in [1.29, 1.82) is 0 Å². The Bertz CT molecular complexity index is 227. The number of Topliss-reactive ketones (excluding diaryl/α,β-unsaturated/α-hetero) is 1. The lowest BCUT2D eigenvalue weighted by atomic mass is 9.79. The molecule has 0 amide bonds. The summed E-state index contributed by atoms with van der Waals surface area (Å²) in [4.78, 5) is 14.3. The fourth-order valence-electron chi connectivity index (χ4n) is 2.85. The second-order valence-corrected chi connectivity index (χ2v) is 5.68. The van der Waals surface area contributed by atoms with E-state index in [2.05, 4.69) is 25.8 Å². The molecule has 2 atom stereocenters. The van der Waals surface area contributed by atoms with E-state index in [1.54, 1.807) is 0 Å². The van der Waals surface area contributed by atoms with Crippen LogP contribution in [0.4, 0.5) is 0 Å². The number of carbonyl (C=O) groups excluding carboxylic acids is 1. The highest BCUT2D eigenvalue weighted by Gasteiger charge is 2.28. The van der Waals surface area contributed by atoms with Gasteiger partial charge < -0.3 is 4.90 Å². The Balaban J connectivity index is 2.29. The predicted molar refractivity (Wildman–Crippen MR) is 73.2 cm³/mol. The summed E-state index contributed by atoms with van der Waals surface area (Å²) in [6, 6.07) is 0. The second kappa shape index (κ2) is 7.86. The zero-order valence-corrected chi connectivity index (χ0v) is 11.9. The molecule has 2 nitrogen and oxygen atoms in total. The summed E-state index contributed by atoms with van der Waals surface area (Å²) in [7, 11) is 2.17. The highest BCUT2D eigenvalue weighted by atomic mass is 16.1. The average molecular weight is 239 g/mol. The van der Waals surface area contributed by atoms with Crippen LogP contribution >= 0.6 is 0 Å². The molecular weight excluding hydrogens is 210 g/mol. The van der Waals surface area contributed by atoms with Crippen molar-refractivity contribution < 1.29 is 4.79 Å². The zero-order chi connectivity index (χ0) is 12.7. The summed E-state index contributed by atoms with van der Waals surface area (Å²) in [5.74, 6) is 1.62. The molecule has 2 unspecified atom stereocenters. The van der Waals surface area contributed by atoms with Crippen molar-refractivity contribution in [2.24, 2.45) is 11.8 Å². The van der Waals surface area contributed by atoms with Gasteiger partial charge in [-0.25, -0.2) is 0 Å². The van der Waals surface area contributed by atoms with Gasteiger partial charge in [0.1, 0.15) is 5.78 Å². The Morgan fingerprint density at radius 1 is 1.29 bits per heavy atom. The Labute approximate surface area is 107 Å². The molecule has 0 aromatic rings. The molecule has 0 aromatic carbocycles. The van der Waals surface area contributed by atoms with Crippen molar-refractivity contribution in [2.75, 3.05) is 20.1 Å². The summed E-state index contributed by atoms with van der Waals surface area (Å²) in [5, 5.41) is 0. The van der Waals surface area contributed by atoms with Gasteiger partial charge in [0.15, 0.2) is 0 Å². The van der Waals surface area contributed by atoms with Gasteiger partial charge in [0.2, 0.25) is 0 Å². The van der Waals surface area contributed by atoms with Crippen LogP contribution in [0.15, 0.2) is 0 Å². The van der Waals surface area contributed by atoms with E-state index < -0.39 is 0 Å². The van der Waals surface area contributed by atoms with E-state index in [4.69, 9.17) is 0 Å². The van der Waals surface area contributed by atoms with Crippen LogP contribution in [0, 0.1) is 11.8 Å². The first-order valence-electron chi connectivity index (χ1n) is 7.38. The van der Waals surface area contributed by atoms with Gasteiger partial charge in [-0.1, -0.05) is 33.1 Å². The molecule has 1 saturated carbocycles. The number of ketones is 1. The first kappa shape index (κ1) is 14.7. The van der Waals surface area contributed by atoms with E-state index in [-0.39, 0.29) is 0 Å². The quantitative estimate of drug-likeness (QED) is 0.634. The molecule has 0 aliphatic heterocycles. The topological polar surface area (TPSA) is 20.3 Å². The van der Waals surface area contributed by atoms with Crippen molar-refractivity contribution >= 4 is 5.78 Å². The van der Waals surface area contributed by atoms with E-state index in [0.29, 0.717) is 11.7 Å². The highest BCUT2D eigenvalue weighted by Crippen LogP contribution is 2.29. The molecule has 2 heteroatoms. The Kier molecular flexibility index (Phi) is 6.79. The third-order valence-corrected chi connectivity index (χ3v) is 4.12. The lowest BCUT2D eigenvalue weighted by Crippen LogP contribution is -2.35. The van der Waals surface area contributed by atoms with E-state index >= 15 is 0 Å². The molecule has 0 aromatic heterocycles. The molecule has 0 bridgehead atoms. The summed E-state index contributed by atoms with van der Waals surface area (Å²) in [6.07, 6.45) is 8.17. The maximum absolute atomic E-state index is 11.9. The second-order valence-electron chi connectivity index (χ2n) is 5.68. The van der Waals surface area contributed by atoms with Gasteiger partial charge in [-0.05, 0) is 38.8 Å². The van der Waals surface area contributed by atoms with E-state index in [0.717, 1.165) is 38.3 Å². The van der Waals surface area contributed by atoms with Crippen molar-refractivity contribution in [3.8, 4) is 0 Å². The first-order valence-corrected chi connectivity index (χ1v) is 7.38. The van der Waals surface area contributed by atoms with Crippen LogP contribution in [0.5, 0.6) is 0 Å². The van der Waals surface area contributed by atoms with Gasteiger partial charge in [-0.15, -0.1) is 0 Å². The van der Waals surface area contributed by atoms with Gasteiger partial charge in [0, 0.05) is 18.9 Å². The van der Waals surface area contributed by atoms with Crippen LogP contribution in [-0.2, 0) is 4.79 Å². The minimum atomic E-state index is 0.320. The molecule has 0 radical (unpaired) electrons. The number of hydrogen-bond acceptors (Lipinski definition) is 2. The van der Waals surface area contributed by atoms with E-state index in [1.165, 1.54) is 25.7 Å². The summed E-state index contributed by atoms with van der Waals surface area (Å²) < 4.78 is 0. The zero-order valence-electron chi connectivity index (χ0n) is 11.9. The maximum atomic E-state index is 11.9. The van der Waals surface area contributed by atoms with Gasteiger partial charge in [-0.2, -0.15) is 0 Å². The molecule has 1 aliphatic rings. The molecular formula is C15H29NO. The Hall–Kier alpha value is -0.370. The van der Waals surface area contributed by atoms with Gasteiger partial charge >= 0.3 is 0 Å². The maximum Gasteiger partial charge on any atom is 0.137 e. The number of hydrogen-bond donors (Lipinski definition) is 0. The Morgan fingerprint density at radius 3 is 2.71 bits per heavy atom. The normalized spacial score (nSPS) is 25.5. The van der Waals surface area contributed by atoms with Crippen LogP contribution in [0.2, 0.25) is 0 Å². The summed E-state index contributed by atoms with van der Waals surface area (Å²) in [5.41, 5.74) is 0. The fraction of sp³-hybridized carbons (Fsp3) is 0.933. The predicted octanol–water partition coefficient (Wildman–Crippen LogP) is 3.50. The third-order valence-electron chi connectivity index (χ3n) is 4.12. The van der Waals surface area contributed by atoms with Crippen LogP contribution < -0.4 is 0 Å². The van der Waals surface area contributed by atoms with Gasteiger partial charge in [0.05, 0.1) is 0 Å². The Morgan fingerprint density at radius 2 is 2.06 bits per heavy atom. The molecule has 0 saturated heterocycles. The standard InChI is InChI=1S/C15H29NO/c1-4-6-7-10-16(3)12-14-11-13(5-2)8-9-15(14)17/h13-14H,4-12H2,1-3H3. The highest BCUT2D eigenvalue weighted by molar-refractivity contribution is 5.81. The van der Waals surface area contributed by atoms with E-state index in [9.17, 15) is 4.79 Å². The number of unbranched alkanes of at least 4 members (excludes halogenated alkanes) is 2. The molecule has 1 rings (SSSR count). The van der Waals surface area contributed by atoms with Crippen LogP contribution in [0.1, 0.15) is 58.8 Å². The van der Waals surface area contributed by atoms with Crippen molar-refractivity contribution in [2.45, 2.75) is 58.8 Å². The van der Waals surface area contributed by atoms with Crippen LogP contribution in [-0.4, -0.2) is 30.8 Å². The van der Waals surface area contributed by atoms with Crippen molar-refractivity contribution in [1.82, 2.24) is 4.90 Å². The lowest BCUT2D eigenvalue weighted by Gasteiger charge is -2.30. The molecule has 0 N–H and O–H groups in total. The molecule has 0 heterocycles. The van der Waals surface area contributed by atoms with Crippen molar-refractivity contribution in [3.05, 3.63) is 0 Å². The average Bonchev–Trinajstić information content (AvgIpc) is 2.32. The molecule has 1 fully saturated rings. The molecule has 100 valence electrons. The first-order chi connectivity index (χ1) is 8.17. The number of nitrogens with zero attached hydrogens (tertiary/aromatic N) is 1. The summed E-state index contributed by atoms with van der Waals surface area (Å²) >= 11 is 0. The lowest BCUT2D eigenvalue weighted by molar-refractivity contribution is -0.126. The largest absolute Gasteiger partial charge is 0.306 e. The molecule has 17 heavy (non-hydrogen) atoms. The molecule has 0 spiro atoms. The van der Waals surface area contributed by atoms with Crippen LogP contribution in [0.25, 0.3) is 0 Å². The van der Waals surface area contributed by atoms with E-state index in [1.807, 2.05) is 0 Å². The van der Waals surface area contributed by atoms with Gasteiger partial charge in [0.25, 0.3) is 0 Å². The minimum absolute atomic E-state index is 0.320. The number of carbonyl (C=O) groups is 1. The number of rotatable bonds is 7.